The van der Waals surface area contributed by atoms with Gasteiger partial charge in [0.1, 0.15) is 16.5 Å². The second kappa shape index (κ2) is 5.74. The van der Waals surface area contributed by atoms with Gasteiger partial charge in [-0.05, 0) is 34.1 Å². The van der Waals surface area contributed by atoms with Gasteiger partial charge >= 0.3 is 0 Å². The van der Waals surface area contributed by atoms with Crippen LogP contribution in [0.4, 0.5) is 20.3 Å². The standard InChI is InChI=1S/C11H7BrClF2N3O2S/c12-9-6(13)3-7(10(15)11(9)16)21(19,20)18-8-2-1-5(14)4-17-8/h1-4H,16H2,(H,17,18). The maximum absolute atomic E-state index is 14.0. The zero-order valence-electron chi connectivity index (χ0n) is 10.1. The first-order valence-electron chi connectivity index (χ1n) is 5.29. The second-order valence-electron chi connectivity index (χ2n) is 3.87. The summed E-state index contributed by atoms with van der Waals surface area (Å²) < 4.78 is 53.0. The van der Waals surface area contributed by atoms with Crippen molar-refractivity contribution in [2.75, 3.05) is 10.5 Å². The number of rotatable bonds is 3. The van der Waals surface area contributed by atoms with Crippen LogP contribution in [-0.2, 0) is 10.0 Å². The van der Waals surface area contributed by atoms with Crippen LogP contribution in [0.1, 0.15) is 0 Å². The molecule has 1 aromatic heterocycles. The molecule has 2 rings (SSSR count). The quantitative estimate of drug-likeness (QED) is 0.614. The minimum atomic E-state index is -4.31. The summed E-state index contributed by atoms with van der Waals surface area (Å²) in [6, 6.07) is 3.00. The lowest BCUT2D eigenvalue weighted by molar-refractivity contribution is 0.572. The van der Waals surface area contributed by atoms with Crippen molar-refractivity contribution in [2.24, 2.45) is 0 Å². The summed E-state index contributed by atoms with van der Waals surface area (Å²) in [5, 5.41) is -0.0682. The Morgan fingerprint density at radius 2 is 2.00 bits per heavy atom. The first-order chi connectivity index (χ1) is 9.72. The summed E-state index contributed by atoms with van der Waals surface area (Å²) >= 11 is 8.71. The molecule has 0 aliphatic heterocycles. The molecule has 2 aromatic rings. The van der Waals surface area contributed by atoms with E-state index in [1.54, 1.807) is 0 Å². The van der Waals surface area contributed by atoms with E-state index < -0.39 is 32.2 Å². The molecule has 1 aromatic carbocycles. The highest BCUT2D eigenvalue weighted by Gasteiger charge is 2.24. The number of hydrogen-bond donors (Lipinski definition) is 2. The molecular formula is C11H7BrClF2N3O2S. The Kier molecular flexibility index (Phi) is 4.35. The lowest BCUT2D eigenvalue weighted by atomic mass is 10.3. The molecule has 21 heavy (non-hydrogen) atoms. The number of sulfonamides is 1. The summed E-state index contributed by atoms with van der Waals surface area (Å²) in [5.74, 6) is -1.96. The maximum Gasteiger partial charge on any atom is 0.266 e. The minimum Gasteiger partial charge on any atom is -0.395 e. The van der Waals surface area contributed by atoms with Crippen LogP contribution in [0.2, 0.25) is 5.02 Å². The molecule has 112 valence electrons. The SMILES string of the molecule is Nc1c(F)c(S(=O)(=O)Nc2ccc(F)cn2)cc(Cl)c1Br. The molecule has 0 radical (unpaired) electrons. The Morgan fingerprint density at radius 3 is 2.57 bits per heavy atom. The summed E-state index contributed by atoms with van der Waals surface area (Å²) in [6.45, 7) is 0. The van der Waals surface area contributed by atoms with Crippen molar-refractivity contribution in [3.05, 3.63) is 45.5 Å². The Balaban J connectivity index is 2.47. The molecule has 0 fully saturated rings. The number of benzene rings is 1. The molecule has 0 saturated carbocycles. The Hall–Kier alpha value is -1.45. The average molecular weight is 399 g/mol. The lowest BCUT2D eigenvalue weighted by Crippen LogP contribution is -2.16. The molecule has 0 atom stereocenters. The van der Waals surface area contributed by atoms with Gasteiger partial charge < -0.3 is 5.73 Å². The number of nitrogen functional groups attached to an aromatic ring is 1. The number of nitrogens with one attached hydrogen (secondary N) is 1. The van der Waals surface area contributed by atoms with Crippen LogP contribution in [0.25, 0.3) is 0 Å². The number of aromatic nitrogens is 1. The molecular weight excluding hydrogens is 392 g/mol. The Morgan fingerprint density at radius 1 is 1.33 bits per heavy atom. The van der Waals surface area contributed by atoms with Gasteiger partial charge in [0.05, 0.1) is 21.4 Å². The number of pyridine rings is 1. The molecule has 0 saturated heterocycles. The van der Waals surface area contributed by atoms with Gasteiger partial charge in [-0.2, -0.15) is 0 Å². The number of anilines is 2. The Labute approximate surface area is 132 Å². The van der Waals surface area contributed by atoms with E-state index in [1.165, 1.54) is 0 Å². The van der Waals surface area contributed by atoms with E-state index in [9.17, 15) is 17.2 Å². The number of hydrogen-bond acceptors (Lipinski definition) is 4. The fourth-order valence-corrected chi connectivity index (χ4v) is 3.11. The highest BCUT2D eigenvalue weighted by Crippen LogP contribution is 2.35. The van der Waals surface area contributed by atoms with Crippen molar-refractivity contribution in [1.82, 2.24) is 4.98 Å². The van der Waals surface area contributed by atoms with Crippen LogP contribution in [-0.4, -0.2) is 13.4 Å². The highest BCUT2D eigenvalue weighted by molar-refractivity contribution is 9.10. The molecule has 5 nitrogen and oxygen atoms in total. The molecule has 10 heteroatoms. The summed E-state index contributed by atoms with van der Waals surface area (Å²) in [4.78, 5) is 2.78. The number of halogens is 4. The normalized spacial score (nSPS) is 11.4. The second-order valence-corrected chi connectivity index (χ2v) is 6.72. The maximum atomic E-state index is 14.0. The van der Waals surface area contributed by atoms with E-state index >= 15 is 0 Å². The molecule has 1 heterocycles. The molecule has 3 N–H and O–H groups in total. The lowest BCUT2D eigenvalue weighted by Gasteiger charge is -2.11. The minimum absolute atomic E-state index is 0.0560. The van der Waals surface area contributed by atoms with Gasteiger partial charge in [0.25, 0.3) is 10.0 Å². The molecule has 0 aliphatic rings. The molecule has 0 spiro atoms. The van der Waals surface area contributed by atoms with Gasteiger partial charge in [-0.25, -0.2) is 22.2 Å². The van der Waals surface area contributed by atoms with Crippen LogP contribution in [0.5, 0.6) is 0 Å². The third-order valence-corrected chi connectivity index (χ3v) is 5.15. The van der Waals surface area contributed by atoms with Crippen LogP contribution in [0.15, 0.2) is 33.8 Å². The van der Waals surface area contributed by atoms with E-state index in [0.29, 0.717) is 0 Å². The van der Waals surface area contributed by atoms with E-state index in [1.807, 2.05) is 4.72 Å². The van der Waals surface area contributed by atoms with Gasteiger partial charge in [-0.3, -0.25) is 4.72 Å². The van der Waals surface area contributed by atoms with Crippen LogP contribution in [0, 0.1) is 11.6 Å². The van der Waals surface area contributed by atoms with Gasteiger partial charge in [0.15, 0.2) is 5.82 Å². The monoisotopic (exact) mass is 397 g/mol. The zero-order chi connectivity index (χ0) is 15.8. The van der Waals surface area contributed by atoms with Crippen LogP contribution < -0.4 is 10.5 Å². The molecule has 0 aliphatic carbocycles. The topological polar surface area (TPSA) is 85.1 Å². The van der Waals surface area contributed by atoms with E-state index in [4.69, 9.17) is 17.3 Å². The predicted octanol–water partition coefficient (Wildman–Crippen LogP) is 3.16. The van der Waals surface area contributed by atoms with E-state index in [0.717, 1.165) is 24.4 Å². The summed E-state index contributed by atoms with van der Waals surface area (Å²) in [5.41, 5.74) is 4.99. The van der Waals surface area contributed by atoms with Crippen molar-refractivity contribution >= 4 is 49.1 Å². The largest absolute Gasteiger partial charge is 0.395 e. The van der Waals surface area contributed by atoms with E-state index in [2.05, 4.69) is 20.9 Å². The first kappa shape index (κ1) is 15.9. The van der Waals surface area contributed by atoms with Crippen LogP contribution >= 0.6 is 27.5 Å². The van der Waals surface area contributed by atoms with Gasteiger partial charge in [0, 0.05) is 0 Å². The third-order valence-electron chi connectivity index (χ3n) is 2.41. The van der Waals surface area contributed by atoms with E-state index in [-0.39, 0.29) is 15.3 Å². The molecule has 0 bridgehead atoms. The van der Waals surface area contributed by atoms with Gasteiger partial charge in [-0.1, -0.05) is 11.6 Å². The summed E-state index contributed by atoms with van der Waals surface area (Å²) in [6.07, 6.45) is 0.817. The van der Waals surface area contributed by atoms with Crippen molar-refractivity contribution < 1.29 is 17.2 Å². The molecule has 0 amide bonds. The van der Waals surface area contributed by atoms with Crippen molar-refractivity contribution in [2.45, 2.75) is 4.90 Å². The fourth-order valence-electron chi connectivity index (χ4n) is 1.42. The van der Waals surface area contributed by atoms with Gasteiger partial charge in [0.2, 0.25) is 0 Å². The number of nitrogens with two attached hydrogens (primary N) is 1. The van der Waals surface area contributed by atoms with Gasteiger partial charge in [-0.15, -0.1) is 0 Å². The van der Waals surface area contributed by atoms with Crippen molar-refractivity contribution in [1.29, 1.82) is 0 Å². The smallest absolute Gasteiger partial charge is 0.266 e. The summed E-state index contributed by atoms with van der Waals surface area (Å²) in [7, 11) is -4.31. The zero-order valence-corrected chi connectivity index (χ0v) is 13.2. The fraction of sp³-hybridized carbons (Fsp3) is 0. The predicted molar refractivity (Wildman–Crippen MR) is 78.5 cm³/mol. The van der Waals surface area contributed by atoms with Crippen molar-refractivity contribution in [3.63, 3.8) is 0 Å². The average Bonchev–Trinajstić information content (AvgIpc) is 2.42. The molecule has 0 unspecified atom stereocenters. The Bertz CT molecular complexity index is 800. The van der Waals surface area contributed by atoms with Crippen molar-refractivity contribution in [3.8, 4) is 0 Å². The van der Waals surface area contributed by atoms with Crippen LogP contribution in [0.3, 0.4) is 0 Å². The first-order valence-corrected chi connectivity index (χ1v) is 7.95. The third kappa shape index (κ3) is 3.25. The number of nitrogens with zero attached hydrogens (tertiary/aromatic N) is 1. The highest BCUT2D eigenvalue weighted by atomic mass is 79.9.